The average Bonchev–Trinajstić information content (AvgIpc) is 2.73. The van der Waals surface area contributed by atoms with Gasteiger partial charge in [0, 0.05) is 19.7 Å². The topological polar surface area (TPSA) is 84.6 Å². The van der Waals surface area contributed by atoms with Crippen LogP contribution < -0.4 is 11.1 Å². The van der Waals surface area contributed by atoms with Crippen LogP contribution in [0.1, 0.15) is 29.5 Å². The van der Waals surface area contributed by atoms with Gasteiger partial charge in [0.25, 0.3) is 0 Å². The Morgan fingerprint density at radius 1 is 1.55 bits per heavy atom. The number of benzene rings is 1. The minimum Gasteiger partial charge on any atom is -0.392 e. The first kappa shape index (κ1) is 15.0. The van der Waals surface area contributed by atoms with Crippen LogP contribution in [0.3, 0.4) is 0 Å². The molecule has 2 rings (SSSR count). The molecule has 0 heterocycles. The Morgan fingerprint density at radius 3 is 3.05 bits per heavy atom. The molecule has 0 aliphatic heterocycles. The van der Waals surface area contributed by atoms with Gasteiger partial charge >= 0.3 is 0 Å². The molecule has 5 nitrogen and oxygen atoms in total. The highest BCUT2D eigenvalue weighted by Crippen LogP contribution is 2.33. The van der Waals surface area contributed by atoms with E-state index < -0.39 is 17.9 Å². The molecule has 5 heteroatoms. The summed E-state index contributed by atoms with van der Waals surface area (Å²) in [5, 5.41) is 13.2. The highest BCUT2D eigenvalue weighted by molar-refractivity contribution is 5.84. The molecule has 1 aromatic carbocycles. The van der Waals surface area contributed by atoms with E-state index in [0.717, 1.165) is 29.8 Å². The van der Waals surface area contributed by atoms with Crippen LogP contribution in [-0.2, 0) is 22.5 Å². The SMILES string of the molecule is CCOCCNCc1ccc2c(c1)[C@@H](C(N)=O)[C@H](O)C2. The number of rotatable bonds is 7. The molecule has 0 fully saturated rings. The van der Waals surface area contributed by atoms with Crippen LogP contribution in [-0.4, -0.2) is 36.9 Å². The van der Waals surface area contributed by atoms with Gasteiger partial charge in [-0.2, -0.15) is 0 Å². The first-order valence-electron chi connectivity index (χ1n) is 7.01. The van der Waals surface area contributed by atoms with Crippen molar-refractivity contribution in [3.63, 3.8) is 0 Å². The molecule has 1 amide bonds. The number of hydrogen-bond donors (Lipinski definition) is 3. The van der Waals surface area contributed by atoms with Crippen molar-refractivity contribution in [3.8, 4) is 0 Å². The fraction of sp³-hybridized carbons (Fsp3) is 0.533. The van der Waals surface area contributed by atoms with E-state index >= 15 is 0 Å². The van der Waals surface area contributed by atoms with E-state index in [1.807, 2.05) is 25.1 Å². The van der Waals surface area contributed by atoms with E-state index in [4.69, 9.17) is 10.5 Å². The molecule has 20 heavy (non-hydrogen) atoms. The molecule has 0 bridgehead atoms. The number of fused-ring (bicyclic) bond motifs is 1. The van der Waals surface area contributed by atoms with Gasteiger partial charge in [-0.15, -0.1) is 0 Å². The summed E-state index contributed by atoms with van der Waals surface area (Å²) in [4.78, 5) is 11.4. The van der Waals surface area contributed by atoms with Crippen molar-refractivity contribution in [2.75, 3.05) is 19.8 Å². The summed E-state index contributed by atoms with van der Waals surface area (Å²) in [6, 6.07) is 5.96. The molecule has 0 spiro atoms. The molecule has 110 valence electrons. The summed E-state index contributed by atoms with van der Waals surface area (Å²) >= 11 is 0. The van der Waals surface area contributed by atoms with E-state index in [-0.39, 0.29) is 0 Å². The van der Waals surface area contributed by atoms with Gasteiger partial charge in [-0.05, 0) is 30.0 Å². The van der Waals surface area contributed by atoms with E-state index in [9.17, 15) is 9.90 Å². The number of amides is 1. The quantitative estimate of drug-likeness (QED) is 0.626. The summed E-state index contributed by atoms with van der Waals surface area (Å²) in [7, 11) is 0. The summed E-state index contributed by atoms with van der Waals surface area (Å²) in [6.45, 7) is 4.87. The first-order valence-corrected chi connectivity index (χ1v) is 7.01. The Kier molecular flexibility index (Phi) is 5.11. The highest BCUT2D eigenvalue weighted by Gasteiger charge is 2.35. The van der Waals surface area contributed by atoms with Gasteiger partial charge in [-0.1, -0.05) is 18.2 Å². The van der Waals surface area contributed by atoms with Crippen molar-refractivity contribution in [2.24, 2.45) is 5.73 Å². The molecule has 0 radical (unpaired) electrons. The van der Waals surface area contributed by atoms with Crippen LogP contribution in [0.2, 0.25) is 0 Å². The minimum absolute atomic E-state index is 0.460. The first-order chi connectivity index (χ1) is 9.63. The van der Waals surface area contributed by atoms with Gasteiger partial charge in [-0.25, -0.2) is 0 Å². The van der Waals surface area contributed by atoms with Crippen molar-refractivity contribution in [2.45, 2.75) is 31.9 Å². The van der Waals surface area contributed by atoms with Crippen molar-refractivity contribution >= 4 is 5.91 Å². The fourth-order valence-corrected chi connectivity index (χ4v) is 2.64. The molecular formula is C15H22N2O3. The Bertz CT molecular complexity index is 476. The second-order valence-corrected chi connectivity index (χ2v) is 5.06. The standard InChI is InChI=1S/C15H22N2O3/c1-2-20-6-5-17-9-10-3-4-11-8-13(18)14(15(16)19)12(11)7-10/h3-4,7,13-14,17-18H,2,5-6,8-9H2,1H3,(H2,16,19)/t13-,14-/m1/s1. The number of carbonyl (C=O) groups excluding carboxylic acids is 1. The number of nitrogens with one attached hydrogen (secondary N) is 1. The number of carbonyl (C=O) groups is 1. The second-order valence-electron chi connectivity index (χ2n) is 5.06. The van der Waals surface area contributed by atoms with Crippen LogP contribution in [0.4, 0.5) is 0 Å². The summed E-state index contributed by atoms with van der Waals surface area (Å²) in [5.74, 6) is -1.04. The number of hydrogen-bond acceptors (Lipinski definition) is 4. The van der Waals surface area contributed by atoms with Crippen LogP contribution in [0.15, 0.2) is 18.2 Å². The van der Waals surface area contributed by atoms with Crippen molar-refractivity contribution in [1.29, 1.82) is 0 Å². The van der Waals surface area contributed by atoms with Gasteiger partial charge < -0.3 is 20.9 Å². The third kappa shape index (κ3) is 3.36. The van der Waals surface area contributed by atoms with Gasteiger partial charge in [-0.3, -0.25) is 4.79 Å². The summed E-state index contributed by atoms with van der Waals surface area (Å²) in [6.07, 6.45) is -0.190. The van der Waals surface area contributed by atoms with E-state index in [0.29, 0.717) is 19.6 Å². The smallest absolute Gasteiger partial charge is 0.227 e. The molecule has 1 aliphatic carbocycles. The number of nitrogens with two attached hydrogens (primary N) is 1. The lowest BCUT2D eigenvalue weighted by atomic mass is 9.97. The zero-order chi connectivity index (χ0) is 14.5. The summed E-state index contributed by atoms with van der Waals surface area (Å²) in [5.41, 5.74) is 8.34. The lowest BCUT2D eigenvalue weighted by molar-refractivity contribution is -0.121. The van der Waals surface area contributed by atoms with Gasteiger partial charge in [0.15, 0.2) is 0 Å². The van der Waals surface area contributed by atoms with Crippen molar-refractivity contribution < 1.29 is 14.6 Å². The van der Waals surface area contributed by atoms with Crippen LogP contribution in [0.5, 0.6) is 0 Å². The largest absolute Gasteiger partial charge is 0.392 e. The maximum absolute atomic E-state index is 11.4. The predicted octanol–water partition coefficient (Wildman–Crippen LogP) is 0.299. The normalized spacial score (nSPS) is 20.9. The summed E-state index contributed by atoms with van der Waals surface area (Å²) < 4.78 is 5.25. The van der Waals surface area contributed by atoms with Gasteiger partial charge in [0.1, 0.15) is 0 Å². The van der Waals surface area contributed by atoms with E-state index in [1.54, 1.807) is 0 Å². The number of primary amides is 1. The third-order valence-corrected chi connectivity index (χ3v) is 3.62. The predicted molar refractivity (Wildman–Crippen MR) is 76.3 cm³/mol. The maximum Gasteiger partial charge on any atom is 0.227 e. The Morgan fingerprint density at radius 2 is 2.35 bits per heavy atom. The molecule has 0 aromatic heterocycles. The molecule has 0 saturated carbocycles. The Hall–Kier alpha value is -1.43. The molecular weight excluding hydrogens is 256 g/mol. The molecule has 0 saturated heterocycles. The van der Waals surface area contributed by atoms with Gasteiger partial charge in [0.2, 0.25) is 5.91 Å². The lowest BCUT2D eigenvalue weighted by Gasteiger charge is -2.12. The Balaban J connectivity index is 1.99. The van der Waals surface area contributed by atoms with Gasteiger partial charge in [0.05, 0.1) is 18.6 Å². The molecule has 0 unspecified atom stereocenters. The number of aliphatic hydroxyl groups excluding tert-OH is 1. The van der Waals surface area contributed by atoms with Crippen LogP contribution in [0.25, 0.3) is 0 Å². The number of ether oxygens (including phenoxy) is 1. The van der Waals surface area contributed by atoms with Crippen molar-refractivity contribution in [3.05, 3.63) is 34.9 Å². The van der Waals surface area contributed by atoms with Crippen LogP contribution >= 0.6 is 0 Å². The lowest BCUT2D eigenvalue weighted by Crippen LogP contribution is -2.28. The second kappa shape index (κ2) is 6.83. The maximum atomic E-state index is 11.4. The van der Waals surface area contributed by atoms with E-state index in [1.165, 1.54) is 0 Å². The third-order valence-electron chi connectivity index (χ3n) is 3.62. The highest BCUT2D eigenvalue weighted by atomic mass is 16.5. The Labute approximate surface area is 119 Å². The van der Waals surface area contributed by atoms with E-state index in [2.05, 4.69) is 5.32 Å². The molecule has 2 atom stereocenters. The molecule has 1 aromatic rings. The monoisotopic (exact) mass is 278 g/mol. The fourth-order valence-electron chi connectivity index (χ4n) is 2.64. The average molecular weight is 278 g/mol. The molecule has 1 aliphatic rings. The zero-order valence-corrected chi connectivity index (χ0v) is 11.8. The zero-order valence-electron chi connectivity index (χ0n) is 11.8. The minimum atomic E-state index is -0.691. The molecule has 4 N–H and O–H groups in total. The number of aliphatic hydroxyl groups is 1. The van der Waals surface area contributed by atoms with Crippen LogP contribution in [0, 0.1) is 0 Å². The van der Waals surface area contributed by atoms with Crippen molar-refractivity contribution in [1.82, 2.24) is 5.32 Å².